The van der Waals surface area contributed by atoms with Gasteiger partial charge in [0.15, 0.2) is 0 Å². The van der Waals surface area contributed by atoms with E-state index in [0.29, 0.717) is 36.0 Å². The molecular weight excluding hydrogens is 450 g/mol. The van der Waals surface area contributed by atoms with Gasteiger partial charge in [0.05, 0.1) is 5.92 Å². The second-order valence-corrected chi connectivity index (χ2v) is 10.4. The molecule has 7 heteroatoms. The summed E-state index contributed by atoms with van der Waals surface area (Å²) in [4.78, 5) is 34.2. The van der Waals surface area contributed by atoms with E-state index < -0.39 is 12.0 Å². The number of aromatic nitrogens is 1. The molecule has 180 valence electrons. The molecule has 5 rings (SSSR count). The van der Waals surface area contributed by atoms with Crippen molar-refractivity contribution in [1.82, 2.24) is 14.8 Å². The molecule has 1 aliphatic carbocycles. The van der Waals surface area contributed by atoms with Crippen LogP contribution >= 0.6 is 11.6 Å². The van der Waals surface area contributed by atoms with Crippen molar-refractivity contribution in [3.05, 3.63) is 63.9 Å². The van der Waals surface area contributed by atoms with E-state index in [1.807, 2.05) is 9.80 Å². The van der Waals surface area contributed by atoms with Crippen LogP contribution in [0.4, 0.5) is 0 Å². The van der Waals surface area contributed by atoms with Gasteiger partial charge in [-0.15, -0.1) is 0 Å². The van der Waals surface area contributed by atoms with Gasteiger partial charge >= 0.3 is 5.97 Å². The van der Waals surface area contributed by atoms with Crippen molar-refractivity contribution in [2.75, 3.05) is 26.2 Å². The molecule has 3 heterocycles. The summed E-state index contributed by atoms with van der Waals surface area (Å²) in [6, 6.07) is 10.7. The third-order valence-electron chi connectivity index (χ3n) is 7.76. The lowest BCUT2D eigenvalue weighted by Crippen LogP contribution is -2.42. The minimum Gasteiger partial charge on any atom is -0.480 e. The highest BCUT2D eigenvalue weighted by Gasteiger charge is 2.38. The summed E-state index contributed by atoms with van der Waals surface area (Å²) in [6.07, 6.45) is 7.30. The standard InChI is InChI=1S/C27H32ClN3O3/c28-22-6-3-5-20(16-22)25(27(33)34)31-15-12-21(17-31)26(32)30-13-10-19(11-14-30)24-9-8-18-4-1-2-7-23(18)29-24/h3,5-6,8-9,16,19,21,25H,1-2,4,7,10-15,17H2,(H,33,34)/t21-,25+/m1/s1. The van der Waals surface area contributed by atoms with E-state index in [1.54, 1.807) is 24.3 Å². The van der Waals surface area contributed by atoms with Gasteiger partial charge in [0, 0.05) is 48.5 Å². The first-order valence-corrected chi connectivity index (χ1v) is 12.9. The SMILES string of the molecule is O=C(O)[C@H](c1cccc(Cl)c1)N1CC[C@@H](C(=O)N2CCC(c3ccc4c(n3)CCCC4)CC2)C1. The maximum atomic E-state index is 13.3. The number of nitrogens with zero attached hydrogens (tertiary/aromatic N) is 3. The summed E-state index contributed by atoms with van der Waals surface area (Å²) >= 11 is 6.10. The fourth-order valence-corrected chi connectivity index (χ4v) is 6.09. The number of carbonyl (C=O) groups excluding carboxylic acids is 1. The van der Waals surface area contributed by atoms with Crippen LogP contribution in [-0.4, -0.2) is 57.9 Å². The summed E-state index contributed by atoms with van der Waals surface area (Å²) in [5.41, 5.74) is 4.53. The second kappa shape index (κ2) is 10.0. The smallest absolute Gasteiger partial charge is 0.325 e. The number of rotatable bonds is 5. The number of carboxylic acids is 1. The minimum absolute atomic E-state index is 0.153. The number of pyridine rings is 1. The quantitative estimate of drug-likeness (QED) is 0.682. The summed E-state index contributed by atoms with van der Waals surface area (Å²) in [5, 5.41) is 10.4. The Kier molecular flexibility index (Phi) is 6.89. The maximum absolute atomic E-state index is 13.3. The Labute approximate surface area is 205 Å². The lowest BCUT2D eigenvalue weighted by atomic mass is 9.90. The van der Waals surface area contributed by atoms with Crippen LogP contribution in [0.5, 0.6) is 0 Å². The number of hydrogen-bond donors (Lipinski definition) is 1. The largest absolute Gasteiger partial charge is 0.480 e. The summed E-state index contributed by atoms with van der Waals surface area (Å²) in [5.74, 6) is -0.488. The van der Waals surface area contributed by atoms with Crippen molar-refractivity contribution in [2.45, 2.75) is 56.9 Å². The Bertz CT molecular complexity index is 1070. The van der Waals surface area contributed by atoms with Crippen LogP contribution in [0.15, 0.2) is 36.4 Å². The molecule has 1 amide bonds. The van der Waals surface area contributed by atoms with E-state index in [2.05, 4.69) is 12.1 Å². The van der Waals surface area contributed by atoms with Crippen molar-refractivity contribution in [2.24, 2.45) is 5.92 Å². The number of fused-ring (bicyclic) bond motifs is 1. The number of piperidine rings is 1. The molecule has 1 aromatic heterocycles. The maximum Gasteiger partial charge on any atom is 0.325 e. The van der Waals surface area contributed by atoms with Gasteiger partial charge in [0.2, 0.25) is 5.91 Å². The van der Waals surface area contributed by atoms with Gasteiger partial charge in [-0.1, -0.05) is 29.8 Å². The zero-order valence-corrected chi connectivity index (χ0v) is 20.2. The van der Waals surface area contributed by atoms with Gasteiger partial charge in [-0.25, -0.2) is 0 Å². The van der Waals surface area contributed by atoms with Gasteiger partial charge in [-0.05, 0) is 74.3 Å². The molecule has 2 fully saturated rings. The van der Waals surface area contributed by atoms with Crippen LogP contribution in [0.2, 0.25) is 5.02 Å². The number of likely N-dealkylation sites (tertiary alicyclic amines) is 2. The molecule has 2 aliphatic heterocycles. The Morgan fingerprint density at radius 3 is 2.59 bits per heavy atom. The van der Waals surface area contributed by atoms with Gasteiger partial charge in [-0.3, -0.25) is 19.5 Å². The third-order valence-corrected chi connectivity index (χ3v) is 7.99. The number of carbonyl (C=O) groups is 2. The molecule has 0 saturated carbocycles. The normalized spacial score (nSPS) is 22.4. The first kappa shape index (κ1) is 23.3. The van der Waals surface area contributed by atoms with Gasteiger partial charge < -0.3 is 10.0 Å². The van der Waals surface area contributed by atoms with E-state index in [0.717, 1.165) is 38.8 Å². The molecule has 2 aromatic rings. The molecule has 0 bridgehead atoms. The Hall–Kier alpha value is -2.44. The van der Waals surface area contributed by atoms with Crippen LogP contribution < -0.4 is 0 Å². The van der Waals surface area contributed by atoms with Crippen LogP contribution in [0.1, 0.15) is 66.6 Å². The Morgan fingerprint density at radius 1 is 1.03 bits per heavy atom. The minimum atomic E-state index is -0.909. The lowest BCUT2D eigenvalue weighted by Gasteiger charge is -2.34. The van der Waals surface area contributed by atoms with Crippen LogP contribution in [0.3, 0.4) is 0 Å². The molecule has 2 saturated heterocycles. The Morgan fingerprint density at radius 2 is 1.82 bits per heavy atom. The van der Waals surface area contributed by atoms with Crippen molar-refractivity contribution in [3.8, 4) is 0 Å². The van der Waals surface area contributed by atoms with Crippen molar-refractivity contribution in [1.29, 1.82) is 0 Å². The van der Waals surface area contributed by atoms with Crippen molar-refractivity contribution in [3.63, 3.8) is 0 Å². The van der Waals surface area contributed by atoms with Crippen molar-refractivity contribution >= 4 is 23.5 Å². The number of carboxylic acid groups (broad SMARTS) is 1. The first-order valence-electron chi connectivity index (χ1n) is 12.5. The number of amides is 1. The zero-order valence-electron chi connectivity index (χ0n) is 19.5. The predicted molar refractivity (Wildman–Crippen MR) is 131 cm³/mol. The fourth-order valence-electron chi connectivity index (χ4n) is 5.89. The van der Waals surface area contributed by atoms with E-state index >= 15 is 0 Å². The number of benzene rings is 1. The number of aryl methyl sites for hydroxylation is 2. The number of aliphatic carboxylic acids is 1. The van der Waals surface area contributed by atoms with E-state index in [9.17, 15) is 14.7 Å². The molecule has 0 radical (unpaired) electrons. The zero-order chi connectivity index (χ0) is 23.7. The summed E-state index contributed by atoms with van der Waals surface area (Å²) < 4.78 is 0. The second-order valence-electron chi connectivity index (χ2n) is 9.92. The van der Waals surface area contributed by atoms with Gasteiger partial charge in [0.25, 0.3) is 0 Å². The molecular formula is C27H32ClN3O3. The predicted octanol–water partition coefficient (Wildman–Crippen LogP) is 4.47. The Balaban J connectivity index is 1.19. The molecule has 1 N–H and O–H groups in total. The molecule has 34 heavy (non-hydrogen) atoms. The molecule has 0 spiro atoms. The van der Waals surface area contributed by atoms with Gasteiger partial charge in [0.1, 0.15) is 6.04 Å². The van der Waals surface area contributed by atoms with Gasteiger partial charge in [-0.2, -0.15) is 0 Å². The van der Waals surface area contributed by atoms with Crippen LogP contribution in [0.25, 0.3) is 0 Å². The summed E-state index contributed by atoms with van der Waals surface area (Å²) in [6.45, 7) is 2.55. The topological polar surface area (TPSA) is 73.7 Å². The molecule has 0 unspecified atom stereocenters. The number of hydrogen-bond acceptors (Lipinski definition) is 4. The highest BCUT2D eigenvalue weighted by Crippen LogP contribution is 2.33. The van der Waals surface area contributed by atoms with Crippen LogP contribution in [-0.2, 0) is 22.4 Å². The fraction of sp³-hybridized carbons (Fsp3) is 0.519. The third kappa shape index (κ3) is 4.84. The monoisotopic (exact) mass is 481 g/mol. The van der Waals surface area contributed by atoms with E-state index in [-0.39, 0.29) is 11.8 Å². The number of halogens is 1. The first-order chi connectivity index (χ1) is 16.5. The van der Waals surface area contributed by atoms with Crippen molar-refractivity contribution < 1.29 is 14.7 Å². The van der Waals surface area contributed by atoms with E-state index in [4.69, 9.17) is 16.6 Å². The molecule has 6 nitrogen and oxygen atoms in total. The van der Waals surface area contributed by atoms with E-state index in [1.165, 1.54) is 29.8 Å². The summed E-state index contributed by atoms with van der Waals surface area (Å²) in [7, 11) is 0. The average Bonchev–Trinajstić information content (AvgIpc) is 3.33. The highest BCUT2D eigenvalue weighted by molar-refractivity contribution is 6.30. The molecule has 1 aromatic carbocycles. The van der Waals surface area contributed by atoms with Crippen LogP contribution in [0, 0.1) is 5.92 Å². The molecule has 3 aliphatic rings. The molecule has 2 atom stereocenters. The highest BCUT2D eigenvalue weighted by atomic mass is 35.5. The lowest BCUT2D eigenvalue weighted by molar-refractivity contribution is -0.144. The average molecular weight is 482 g/mol.